The number of carboxylic acids is 1. The fourth-order valence-corrected chi connectivity index (χ4v) is 2.49. The van der Waals surface area contributed by atoms with Gasteiger partial charge in [-0.3, -0.25) is 0 Å². The van der Waals surface area contributed by atoms with Crippen molar-refractivity contribution < 1.29 is 14.6 Å². The Labute approximate surface area is 122 Å². The van der Waals surface area contributed by atoms with E-state index >= 15 is 0 Å². The molecule has 1 atom stereocenters. The molecule has 0 radical (unpaired) electrons. The van der Waals surface area contributed by atoms with Crippen molar-refractivity contribution >= 4 is 17.3 Å². The monoisotopic (exact) mass is 284 g/mol. The van der Waals surface area contributed by atoms with Gasteiger partial charge in [0, 0.05) is 12.0 Å². The number of nitrogens with two attached hydrogens (primary N) is 1. The minimum absolute atomic E-state index is 0.0568. The average molecular weight is 284 g/mol. The Kier molecular flexibility index (Phi) is 3.39. The molecule has 0 aliphatic carbocycles. The Morgan fingerprint density at radius 3 is 2.90 bits per heavy atom. The molecule has 2 aromatic rings. The summed E-state index contributed by atoms with van der Waals surface area (Å²) in [5.41, 5.74) is 8.38. The molecule has 0 saturated heterocycles. The van der Waals surface area contributed by atoms with Crippen LogP contribution in [0.25, 0.3) is 0 Å². The number of anilines is 2. The predicted molar refractivity (Wildman–Crippen MR) is 80.7 cm³/mol. The Morgan fingerprint density at radius 2 is 2.10 bits per heavy atom. The van der Waals surface area contributed by atoms with Crippen LogP contribution in [0.15, 0.2) is 42.5 Å². The van der Waals surface area contributed by atoms with Gasteiger partial charge in [-0.25, -0.2) is 4.79 Å². The van der Waals surface area contributed by atoms with Crippen LogP contribution in [0.1, 0.15) is 28.4 Å². The average Bonchev–Trinajstić information content (AvgIpc) is 2.49. The number of nitrogen functional groups attached to an aromatic ring is 1. The Morgan fingerprint density at radius 1 is 1.29 bits per heavy atom. The van der Waals surface area contributed by atoms with Crippen LogP contribution in [0, 0.1) is 0 Å². The number of fused-ring (bicyclic) bond motifs is 1. The third-order valence-corrected chi connectivity index (χ3v) is 3.59. The summed E-state index contributed by atoms with van der Waals surface area (Å²) in [6.45, 7) is 0.618. The molecule has 0 bridgehead atoms. The van der Waals surface area contributed by atoms with Gasteiger partial charge in [-0.05, 0) is 24.3 Å². The Balaban J connectivity index is 1.91. The summed E-state index contributed by atoms with van der Waals surface area (Å²) < 4.78 is 5.62. The summed E-state index contributed by atoms with van der Waals surface area (Å²) in [5, 5.41) is 12.4. The van der Waals surface area contributed by atoms with Crippen molar-refractivity contribution in [3.05, 3.63) is 53.6 Å². The van der Waals surface area contributed by atoms with E-state index < -0.39 is 5.97 Å². The highest BCUT2D eigenvalue weighted by molar-refractivity contribution is 5.90. The zero-order chi connectivity index (χ0) is 14.8. The lowest BCUT2D eigenvalue weighted by Crippen LogP contribution is -2.21. The van der Waals surface area contributed by atoms with E-state index in [2.05, 4.69) is 5.32 Å². The lowest BCUT2D eigenvalue weighted by molar-refractivity contribution is 0.0697. The lowest BCUT2D eigenvalue weighted by atomic mass is 10.00. The third-order valence-electron chi connectivity index (χ3n) is 3.59. The number of hydrogen-bond donors (Lipinski definition) is 3. The molecule has 1 aliphatic heterocycles. The van der Waals surface area contributed by atoms with Crippen LogP contribution < -0.4 is 15.8 Å². The maximum Gasteiger partial charge on any atom is 0.335 e. The molecule has 4 N–H and O–H groups in total. The van der Waals surface area contributed by atoms with Crippen LogP contribution in [0.4, 0.5) is 11.4 Å². The molecule has 0 aromatic heterocycles. The molecule has 3 rings (SSSR count). The standard InChI is InChI=1S/C16H16N2O3/c17-12-6-5-10(16(19)20)9-14(12)18-13-7-8-21-15-4-2-1-3-11(13)15/h1-6,9,13,18H,7-8,17H2,(H,19,20). The second kappa shape index (κ2) is 5.36. The normalized spacial score (nSPS) is 16.7. The van der Waals surface area contributed by atoms with Crippen molar-refractivity contribution in [3.63, 3.8) is 0 Å². The molecule has 5 heteroatoms. The van der Waals surface area contributed by atoms with Gasteiger partial charge in [-0.15, -0.1) is 0 Å². The summed E-state index contributed by atoms with van der Waals surface area (Å²) in [6, 6.07) is 12.6. The molecule has 1 heterocycles. The zero-order valence-electron chi connectivity index (χ0n) is 11.4. The number of para-hydroxylation sites is 1. The highest BCUT2D eigenvalue weighted by atomic mass is 16.5. The fraction of sp³-hybridized carbons (Fsp3) is 0.188. The second-order valence-corrected chi connectivity index (χ2v) is 4.98. The van der Waals surface area contributed by atoms with Crippen molar-refractivity contribution in [2.45, 2.75) is 12.5 Å². The summed E-state index contributed by atoms with van der Waals surface area (Å²) >= 11 is 0. The number of carbonyl (C=O) groups is 1. The number of aromatic carboxylic acids is 1. The molecule has 0 amide bonds. The SMILES string of the molecule is Nc1ccc(C(=O)O)cc1NC1CCOc2ccccc21. The Hall–Kier alpha value is -2.69. The smallest absolute Gasteiger partial charge is 0.335 e. The van der Waals surface area contributed by atoms with E-state index in [9.17, 15) is 4.79 Å². The number of carboxylic acid groups (broad SMARTS) is 1. The van der Waals surface area contributed by atoms with Crippen LogP contribution in [-0.4, -0.2) is 17.7 Å². The van der Waals surface area contributed by atoms with Crippen LogP contribution in [0.3, 0.4) is 0 Å². The first-order valence-electron chi connectivity index (χ1n) is 6.76. The highest BCUT2D eigenvalue weighted by Crippen LogP contribution is 2.35. The lowest BCUT2D eigenvalue weighted by Gasteiger charge is -2.28. The topological polar surface area (TPSA) is 84.6 Å². The minimum Gasteiger partial charge on any atom is -0.493 e. The van der Waals surface area contributed by atoms with Crippen molar-refractivity contribution in [1.29, 1.82) is 0 Å². The van der Waals surface area contributed by atoms with Crippen molar-refractivity contribution in [2.75, 3.05) is 17.7 Å². The van der Waals surface area contributed by atoms with E-state index in [0.29, 0.717) is 18.0 Å². The molecular weight excluding hydrogens is 268 g/mol. The van der Waals surface area contributed by atoms with Gasteiger partial charge >= 0.3 is 5.97 Å². The van der Waals surface area contributed by atoms with Crippen molar-refractivity contribution in [3.8, 4) is 5.75 Å². The van der Waals surface area contributed by atoms with E-state index in [1.54, 1.807) is 12.1 Å². The van der Waals surface area contributed by atoms with Crippen molar-refractivity contribution in [2.24, 2.45) is 0 Å². The maximum atomic E-state index is 11.1. The molecule has 0 spiro atoms. The van der Waals surface area contributed by atoms with E-state index in [1.165, 1.54) is 6.07 Å². The van der Waals surface area contributed by atoms with Gasteiger partial charge in [-0.1, -0.05) is 18.2 Å². The van der Waals surface area contributed by atoms with Gasteiger partial charge < -0.3 is 20.9 Å². The number of hydrogen-bond acceptors (Lipinski definition) is 4. The molecule has 1 unspecified atom stereocenters. The third kappa shape index (κ3) is 2.63. The summed E-state index contributed by atoms with van der Waals surface area (Å²) in [6.07, 6.45) is 0.799. The maximum absolute atomic E-state index is 11.1. The summed E-state index contributed by atoms with van der Waals surface area (Å²) in [4.78, 5) is 11.1. The summed E-state index contributed by atoms with van der Waals surface area (Å²) in [7, 11) is 0. The van der Waals surface area contributed by atoms with Crippen LogP contribution in [0.5, 0.6) is 5.75 Å². The molecule has 1 aliphatic rings. The first-order chi connectivity index (χ1) is 10.1. The number of ether oxygens (including phenoxy) is 1. The Bertz CT molecular complexity index is 685. The molecule has 0 fully saturated rings. The van der Waals surface area contributed by atoms with Gasteiger partial charge in [0.2, 0.25) is 0 Å². The second-order valence-electron chi connectivity index (χ2n) is 4.98. The van der Waals surface area contributed by atoms with Crippen LogP contribution in [0.2, 0.25) is 0 Å². The number of nitrogens with one attached hydrogen (secondary N) is 1. The van der Waals surface area contributed by atoms with Gasteiger partial charge in [0.1, 0.15) is 5.75 Å². The molecular formula is C16H16N2O3. The van der Waals surface area contributed by atoms with Crippen LogP contribution >= 0.6 is 0 Å². The molecule has 5 nitrogen and oxygen atoms in total. The molecule has 0 saturated carbocycles. The number of benzene rings is 2. The van der Waals surface area contributed by atoms with Gasteiger partial charge in [0.25, 0.3) is 0 Å². The first kappa shape index (κ1) is 13.3. The van der Waals surface area contributed by atoms with E-state index in [-0.39, 0.29) is 11.6 Å². The highest BCUT2D eigenvalue weighted by Gasteiger charge is 2.21. The molecule has 21 heavy (non-hydrogen) atoms. The molecule has 108 valence electrons. The van der Waals surface area contributed by atoms with Crippen molar-refractivity contribution in [1.82, 2.24) is 0 Å². The first-order valence-corrected chi connectivity index (χ1v) is 6.76. The van der Waals surface area contributed by atoms with E-state index in [4.69, 9.17) is 15.6 Å². The quantitative estimate of drug-likeness (QED) is 0.755. The largest absolute Gasteiger partial charge is 0.493 e. The number of rotatable bonds is 3. The van der Waals surface area contributed by atoms with Gasteiger partial charge in [0.05, 0.1) is 29.6 Å². The van der Waals surface area contributed by atoms with E-state index in [1.807, 2.05) is 24.3 Å². The zero-order valence-corrected chi connectivity index (χ0v) is 11.4. The fourth-order valence-electron chi connectivity index (χ4n) is 2.49. The van der Waals surface area contributed by atoms with Crippen LogP contribution in [-0.2, 0) is 0 Å². The predicted octanol–water partition coefficient (Wildman–Crippen LogP) is 2.90. The van der Waals surface area contributed by atoms with Gasteiger partial charge in [-0.2, -0.15) is 0 Å². The van der Waals surface area contributed by atoms with E-state index in [0.717, 1.165) is 17.7 Å². The summed E-state index contributed by atoms with van der Waals surface area (Å²) in [5.74, 6) is -0.111. The van der Waals surface area contributed by atoms with Gasteiger partial charge in [0.15, 0.2) is 0 Å². The molecule has 2 aromatic carbocycles. The minimum atomic E-state index is -0.967.